The van der Waals surface area contributed by atoms with Crippen molar-refractivity contribution in [1.29, 1.82) is 0 Å². The number of halogens is 1. The van der Waals surface area contributed by atoms with Crippen LogP contribution in [0, 0.1) is 0 Å². The Morgan fingerprint density at radius 1 is 1.00 bits per heavy atom. The van der Waals surface area contributed by atoms with Gasteiger partial charge in [-0.15, -0.1) is 0 Å². The molecule has 3 rings (SSSR count). The minimum absolute atomic E-state index is 0.0918. The molecule has 0 unspecified atom stereocenters. The molecule has 0 amide bonds. The van der Waals surface area contributed by atoms with Crippen LogP contribution in [-0.2, 0) is 12.2 Å². The Morgan fingerprint density at radius 2 is 1.77 bits per heavy atom. The molecule has 0 saturated heterocycles. The molecule has 0 aliphatic heterocycles. The average Bonchev–Trinajstić information content (AvgIpc) is 2.71. The van der Waals surface area contributed by atoms with Gasteiger partial charge in [0.05, 0.1) is 6.10 Å². The highest BCUT2D eigenvalue weighted by molar-refractivity contribution is 9.10. The van der Waals surface area contributed by atoms with Crippen LogP contribution in [0.1, 0.15) is 25.0 Å². The van der Waals surface area contributed by atoms with Crippen molar-refractivity contribution < 1.29 is 5.11 Å². The van der Waals surface area contributed by atoms with Crippen LogP contribution in [-0.4, -0.2) is 41.2 Å². The van der Waals surface area contributed by atoms with Gasteiger partial charge in [0.2, 0.25) is 0 Å². The molecule has 3 aromatic rings. The minimum atomic E-state index is -0.416. The summed E-state index contributed by atoms with van der Waals surface area (Å²) in [4.78, 5) is 0. The summed E-state index contributed by atoms with van der Waals surface area (Å²) in [6.45, 7) is 5.58. The van der Waals surface area contributed by atoms with E-state index in [2.05, 4.69) is 100 Å². The number of hydrogen-bond acceptors (Lipinski definition) is 4. The second-order valence-electron chi connectivity index (χ2n) is 8.49. The molecule has 0 aromatic heterocycles. The summed E-state index contributed by atoms with van der Waals surface area (Å²) in [6, 6.07) is 23.5. The summed E-state index contributed by atoms with van der Waals surface area (Å²) in [5, 5.41) is 16.6. The summed E-state index contributed by atoms with van der Waals surface area (Å²) >= 11 is 5.24. The predicted molar refractivity (Wildman–Crippen MR) is 134 cm³/mol. The fourth-order valence-corrected chi connectivity index (χ4v) is 4.81. The van der Waals surface area contributed by atoms with Crippen LogP contribution in [0.3, 0.4) is 0 Å². The van der Waals surface area contributed by atoms with Crippen molar-refractivity contribution in [3.8, 4) is 0 Å². The van der Waals surface area contributed by atoms with Gasteiger partial charge in [-0.2, -0.15) is 0 Å². The van der Waals surface area contributed by atoms with Gasteiger partial charge in [0, 0.05) is 28.9 Å². The van der Waals surface area contributed by atoms with Crippen molar-refractivity contribution >= 4 is 38.7 Å². The molecular weight excluding hydrogens is 456 g/mol. The number of fused-ring (bicyclic) bond motifs is 1. The number of nitrogens with one attached hydrogen (secondary N) is 1. The van der Waals surface area contributed by atoms with Crippen molar-refractivity contribution in [2.75, 3.05) is 20.1 Å². The molecule has 0 radical (unpaired) electrons. The van der Waals surface area contributed by atoms with E-state index in [-0.39, 0.29) is 5.54 Å². The Kier molecular flexibility index (Phi) is 8.37. The Labute approximate surface area is 193 Å². The number of benzene rings is 3. The molecule has 0 heterocycles. The molecule has 30 heavy (non-hydrogen) atoms. The van der Waals surface area contributed by atoms with Crippen LogP contribution in [0.2, 0.25) is 0 Å². The van der Waals surface area contributed by atoms with Crippen molar-refractivity contribution in [2.45, 2.75) is 37.7 Å². The van der Waals surface area contributed by atoms with Gasteiger partial charge in [0.15, 0.2) is 0 Å². The highest BCUT2D eigenvalue weighted by atomic mass is 79.9. The zero-order valence-electron chi connectivity index (χ0n) is 17.9. The van der Waals surface area contributed by atoms with Crippen molar-refractivity contribution in [2.24, 2.45) is 0 Å². The lowest BCUT2D eigenvalue weighted by Gasteiger charge is -2.29. The first-order valence-corrected chi connectivity index (χ1v) is 12.0. The van der Waals surface area contributed by atoms with Gasteiger partial charge < -0.3 is 10.4 Å². The van der Waals surface area contributed by atoms with E-state index >= 15 is 0 Å². The van der Waals surface area contributed by atoms with E-state index in [1.165, 1.54) is 21.9 Å². The molecule has 0 aliphatic rings. The third-order valence-corrected chi connectivity index (χ3v) is 6.63. The molecule has 0 spiro atoms. The monoisotopic (exact) mass is 486 g/mol. The molecule has 1 atom stereocenters. The van der Waals surface area contributed by atoms with Crippen LogP contribution < -0.4 is 5.32 Å². The number of hydrogen-bond donors (Lipinski definition) is 2. The number of likely N-dealkylation sites (N-methyl/N-ethyl adjacent to an activating group) is 1. The Bertz CT molecular complexity index is 963. The number of aliphatic hydroxyl groups is 1. The Hall–Kier alpha value is -1.37. The summed E-state index contributed by atoms with van der Waals surface area (Å²) in [5.74, 6) is 0.892. The van der Waals surface area contributed by atoms with Gasteiger partial charge in [0.1, 0.15) is 0 Å². The maximum Gasteiger partial charge on any atom is 0.0800 e. The Morgan fingerprint density at radius 3 is 2.53 bits per heavy atom. The highest BCUT2D eigenvalue weighted by Crippen LogP contribution is 2.21. The maximum absolute atomic E-state index is 10.5. The average molecular weight is 488 g/mol. The lowest BCUT2D eigenvalue weighted by Crippen LogP contribution is -2.46. The second-order valence-corrected chi connectivity index (χ2v) is 10.6. The van der Waals surface area contributed by atoms with E-state index in [9.17, 15) is 5.11 Å². The van der Waals surface area contributed by atoms with Gasteiger partial charge in [-0.3, -0.25) is 4.31 Å². The molecule has 0 saturated carbocycles. The smallest absolute Gasteiger partial charge is 0.0800 e. The van der Waals surface area contributed by atoms with Crippen molar-refractivity contribution in [1.82, 2.24) is 9.62 Å². The summed E-state index contributed by atoms with van der Waals surface area (Å²) in [5.41, 5.74) is 2.48. The quantitative estimate of drug-likeness (QED) is 0.362. The number of rotatable bonds is 10. The molecule has 0 fully saturated rings. The van der Waals surface area contributed by atoms with Crippen LogP contribution in [0.25, 0.3) is 10.8 Å². The lowest BCUT2D eigenvalue weighted by molar-refractivity contribution is 0.142. The normalized spacial score (nSPS) is 13.1. The molecule has 3 nitrogen and oxygen atoms in total. The fraction of sp³-hybridized carbons (Fsp3) is 0.360. The number of nitrogens with zero attached hydrogens (tertiary/aromatic N) is 1. The first kappa shape index (κ1) is 23.3. The zero-order valence-corrected chi connectivity index (χ0v) is 20.3. The maximum atomic E-state index is 10.5. The van der Waals surface area contributed by atoms with Crippen molar-refractivity contribution in [3.05, 3.63) is 82.3 Å². The van der Waals surface area contributed by atoms with E-state index in [1.54, 1.807) is 11.9 Å². The molecule has 160 valence electrons. The molecule has 0 bridgehead atoms. The number of β-amino-alcohol motifs (C(OH)–C–C–N with tert-alkyl or cyclic N) is 1. The van der Waals surface area contributed by atoms with E-state index in [1.807, 2.05) is 13.1 Å². The van der Waals surface area contributed by atoms with Crippen LogP contribution in [0.4, 0.5) is 0 Å². The van der Waals surface area contributed by atoms with Gasteiger partial charge in [-0.05, 0) is 61.3 Å². The van der Waals surface area contributed by atoms with E-state index in [0.717, 1.165) is 16.6 Å². The largest absolute Gasteiger partial charge is 0.390 e. The van der Waals surface area contributed by atoms with Crippen molar-refractivity contribution in [3.63, 3.8) is 0 Å². The minimum Gasteiger partial charge on any atom is -0.390 e. The summed E-state index contributed by atoms with van der Waals surface area (Å²) < 4.78 is 3.21. The lowest BCUT2D eigenvalue weighted by atomic mass is 9.93. The Balaban J connectivity index is 1.44. The van der Waals surface area contributed by atoms with Crippen LogP contribution in [0.5, 0.6) is 0 Å². The first-order chi connectivity index (χ1) is 14.3. The predicted octanol–water partition coefficient (Wildman–Crippen LogP) is 5.65. The zero-order chi connectivity index (χ0) is 21.6. The first-order valence-electron chi connectivity index (χ1n) is 10.3. The third kappa shape index (κ3) is 7.40. The van der Waals surface area contributed by atoms with Gasteiger partial charge in [0.25, 0.3) is 0 Å². The standard InChI is InChI=1S/C25H31BrN2OS/c1-25(2,15-19-11-12-21-8-4-5-9-22(21)13-19)27-16-24(29)17-28(3)30-18-20-7-6-10-23(26)14-20/h4-14,24,27,29H,15-18H2,1-3H3/t24-/m1/s1. The van der Waals surface area contributed by atoms with Crippen LogP contribution in [0.15, 0.2) is 71.2 Å². The van der Waals surface area contributed by atoms with E-state index in [4.69, 9.17) is 0 Å². The topological polar surface area (TPSA) is 35.5 Å². The van der Waals surface area contributed by atoms with Gasteiger partial charge in [-0.25, -0.2) is 0 Å². The van der Waals surface area contributed by atoms with E-state index < -0.39 is 6.10 Å². The molecule has 0 aliphatic carbocycles. The number of aliphatic hydroxyl groups excluding tert-OH is 1. The molecule has 5 heteroatoms. The summed E-state index contributed by atoms with van der Waals surface area (Å²) in [6.07, 6.45) is 0.499. The van der Waals surface area contributed by atoms with E-state index in [0.29, 0.717) is 13.1 Å². The summed E-state index contributed by atoms with van der Waals surface area (Å²) in [7, 11) is 2.03. The molecular formula is C25H31BrN2OS. The SMILES string of the molecule is CN(C[C@H](O)CNC(C)(C)Cc1ccc2ccccc2c1)SCc1cccc(Br)c1. The molecule has 2 N–H and O–H groups in total. The molecule has 3 aromatic carbocycles. The fourth-order valence-electron chi connectivity index (χ4n) is 3.54. The highest BCUT2D eigenvalue weighted by Gasteiger charge is 2.20. The third-order valence-electron chi connectivity index (χ3n) is 5.08. The van der Waals surface area contributed by atoms with Crippen LogP contribution >= 0.6 is 27.9 Å². The second kappa shape index (κ2) is 10.8. The van der Waals surface area contributed by atoms with Gasteiger partial charge in [-0.1, -0.05) is 82.5 Å². The van der Waals surface area contributed by atoms with Gasteiger partial charge >= 0.3 is 0 Å².